The number of hydrogen-bond donors (Lipinski definition) is 2. The molecular weight excluding hydrogens is 314 g/mol. The van der Waals surface area contributed by atoms with Crippen LogP contribution in [-0.4, -0.2) is 44.4 Å². The number of nitrogens with two attached hydrogens (primary N) is 1. The van der Waals surface area contributed by atoms with Crippen LogP contribution in [0.3, 0.4) is 0 Å². The van der Waals surface area contributed by atoms with Gasteiger partial charge in [-0.1, -0.05) is 6.42 Å². The number of primary amides is 1. The fourth-order valence-electron chi connectivity index (χ4n) is 3.00. The summed E-state index contributed by atoms with van der Waals surface area (Å²) in [6, 6.07) is 6.27. The molecule has 7 heteroatoms. The van der Waals surface area contributed by atoms with Gasteiger partial charge in [0.2, 0.25) is 15.9 Å². The second kappa shape index (κ2) is 7.42. The van der Waals surface area contributed by atoms with Crippen LogP contribution >= 0.6 is 0 Å². The third-order valence-electron chi connectivity index (χ3n) is 4.44. The molecule has 1 aromatic rings. The Morgan fingerprint density at radius 2 is 2.00 bits per heavy atom. The lowest BCUT2D eigenvalue weighted by molar-refractivity contribution is 0.1000. The van der Waals surface area contributed by atoms with Gasteiger partial charge >= 0.3 is 0 Å². The molecule has 0 unspecified atom stereocenters. The Kier molecular flexibility index (Phi) is 5.78. The molecule has 0 spiro atoms. The number of nitrogens with zero attached hydrogens (tertiary/aromatic N) is 1. The predicted molar refractivity (Wildman–Crippen MR) is 89.6 cm³/mol. The zero-order valence-electron chi connectivity index (χ0n) is 13.7. The highest BCUT2D eigenvalue weighted by atomic mass is 32.2. The molecule has 6 nitrogen and oxygen atoms in total. The highest BCUT2D eigenvalue weighted by Gasteiger charge is 2.24. The molecule has 0 bridgehead atoms. The quantitative estimate of drug-likeness (QED) is 0.818. The first-order valence-corrected chi connectivity index (χ1v) is 9.45. The van der Waals surface area contributed by atoms with Gasteiger partial charge in [-0.3, -0.25) is 9.69 Å². The molecule has 0 aromatic heterocycles. The monoisotopic (exact) mass is 339 g/mol. The van der Waals surface area contributed by atoms with Gasteiger partial charge in [-0.15, -0.1) is 0 Å². The van der Waals surface area contributed by atoms with E-state index in [-0.39, 0.29) is 10.9 Å². The van der Waals surface area contributed by atoms with Gasteiger partial charge in [0.25, 0.3) is 0 Å². The highest BCUT2D eigenvalue weighted by Crippen LogP contribution is 2.19. The summed E-state index contributed by atoms with van der Waals surface area (Å²) in [7, 11) is -3.58. The van der Waals surface area contributed by atoms with Crippen molar-refractivity contribution < 1.29 is 13.2 Å². The van der Waals surface area contributed by atoms with Crippen molar-refractivity contribution in [3.63, 3.8) is 0 Å². The van der Waals surface area contributed by atoms with Gasteiger partial charge in [0.1, 0.15) is 0 Å². The average Bonchev–Trinajstić information content (AvgIpc) is 2.53. The Hall–Kier alpha value is -1.44. The summed E-state index contributed by atoms with van der Waals surface area (Å²) in [6.07, 6.45) is 3.56. The van der Waals surface area contributed by atoms with Crippen molar-refractivity contribution in [2.75, 3.05) is 13.1 Å². The van der Waals surface area contributed by atoms with Gasteiger partial charge in [0, 0.05) is 24.2 Å². The number of rotatable bonds is 6. The van der Waals surface area contributed by atoms with E-state index in [0.29, 0.717) is 18.2 Å². The maximum absolute atomic E-state index is 12.3. The zero-order chi connectivity index (χ0) is 17.0. The Morgan fingerprint density at radius 3 is 2.57 bits per heavy atom. The fraction of sp³-hybridized carbons (Fsp3) is 0.562. The van der Waals surface area contributed by atoms with Crippen molar-refractivity contribution in [1.29, 1.82) is 0 Å². The number of piperidine rings is 1. The smallest absolute Gasteiger partial charge is 0.248 e. The van der Waals surface area contributed by atoms with Crippen molar-refractivity contribution in [1.82, 2.24) is 9.62 Å². The second-order valence-electron chi connectivity index (χ2n) is 6.17. The molecule has 1 aromatic carbocycles. The Labute approximate surface area is 138 Å². The van der Waals surface area contributed by atoms with Crippen LogP contribution in [0.5, 0.6) is 0 Å². The summed E-state index contributed by atoms with van der Waals surface area (Å²) >= 11 is 0. The number of carbonyl (C=O) groups is 1. The minimum Gasteiger partial charge on any atom is -0.366 e. The van der Waals surface area contributed by atoms with E-state index in [4.69, 9.17) is 5.73 Å². The molecule has 1 saturated heterocycles. The van der Waals surface area contributed by atoms with E-state index < -0.39 is 15.9 Å². The van der Waals surface area contributed by atoms with Crippen LogP contribution in [0, 0.1) is 0 Å². The number of sulfonamides is 1. The molecule has 23 heavy (non-hydrogen) atoms. The molecule has 1 amide bonds. The van der Waals surface area contributed by atoms with Crippen LogP contribution in [-0.2, 0) is 10.0 Å². The lowest BCUT2D eigenvalue weighted by Gasteiger charge is -2.38. The topological polar surface area (TPSA) is 92.5 Å². The molecule has 1 heterocycles. The first kappa shape index (κ1) is 17.9. The van der Waals surface area contributed by atoms with Crippen molar-refractivity contribution in [3.05, 3.63) is 29.8 Å². The van der Waals surface area contributed by atoms with Gasteiger partial charge in [-0.2, -0.15) is 0 Å². The van der Waals surface area contributed by atoms with E-state index in [1.165, 1.54) is 30.7 Å². The van der Waals surface area contributed by atoms with Crippen molar-refractivity contribution >= 4 is 15.9 Å². The number of carbonyl (C=O) groups excluding carboxylic acids is 1. The number of amides is 1. The third kappa shape index (κ3) is 4.53. The summed E-state index contributed by atoms with van der Waals surface area (Å²) < 4.78 is 27.3. The van der Waals surface area contributed by atoms with E-state index in [2.05, 4.69) is 16.5 Å². The molecular formula is C16H25N3O3S. The van der Waals surface area contributed by atoms with Crippen molar-refractivity contribution in [2.45, 2.75) is 50.1 Å². The summed E-state index contributed by atoms with van der Waals surface area (Å²) in [6.45, 7) is 5.61. The summed E-state index contributed by atoms with van der Waals surface area (Å²) in [4.78, 5) is 13.5. The number of nitrogens with one attached hydrogen (secondary N) is 1. The largest absolute Gasteiger partial charge is 0.366 e. The first-order valence-electron chi connectivity index (χ1n) is 7.96. The van der Waals surface area contributed by atoms with E-state index >= 15 is 0 Å². The summed E-state index contributed by atoms with van der Waals surface area (Å²) in [5.41, 5.74) is 5.45. The van der Waals surface area contributed by atoms with Crippen LogP contribution in [0.15, 0.2) is 29.2 Å². The highest BCUT2D eigenvalue weighted by molar-refractivity contribution is 7.89. The zero-order valence-corrected chi connectivity index (χ0v) is 14.5. The lowest BCUT2D eigenvalue weighted by atomic mass is 10.0. The summed E-state index contributed by atoms with van der Waals surface area (Å²) in [5, 5.41) is 0. The van der Waals surface area contributed by atoms with Crippen LogP contribution in [0.4, 0.5) is 0 Å². The van der Waals surface area contributed by atoms with Gasteiger partial charge in [-0.05, 0) is 57.5 Å². The lowest BCUT2D eigenvalue weighted by Crippen LogP contribution is -2.48. The Balaban J connectivity index is 1.99. The van der Waals surface area contributed by atoms with E-state index in [1.807, 2.05) is 6.92 Å². The second-order valence-corrected chi connectivity index (χ2v) is 7.94. The molecule has 1 aliphatic heterocycles. The molecule has 0 saturated carbocycles. The van der Waals surface area contributed by atoms with Gasteiger partial charge < -0.3 is 5.73 Å². The predicted octanol–water partition coefficient (Wildman–Crippen LogP) is 1.33. The van der Waals surface area contributed by atoms with Crippen LogP contribution in [0.2, 0.25) is 0 Å². The molecule has 0 aliphatic carbocycles. The molecule has 1 fully saturated rings. The Bertz CT molecular complexity index is 643. The molecule has 0 radical (unpaired) electrons. The maximum atomic E-state index is 12.3. The molecule has 128 valence electrons. The minimum absolute atomic E-state index is 0.140. The molecule has 1 aliphatic rings. The van der Waals surface area contributed by atoms with Gasteiger partial charge in [0.15, 0.2) is 0 Å². The van der Waals surface area contributed by atoms with Crippen LogP contribution in [0.25, 0.3) is 0 Å². The number of benzene rings is 1. The maximum Gasteiger partial charge on any atom is 0.248 e. The van der Waals surface area contributed by atoms with Crippen LogP contribution in [0.1, 0.15) is 43.5 Å². The molecule has 2 rings (SSSR count). The number of likely N-dealkylation sites (tertiary alicyclic amines) is 1. The van der Waals surface area contributed by atoms with Gasteiger partial charge in [0.05, 0.1) is 4.90 Å². The third-order valence-corrected chi connectivity index (χ3v) is 5.88. The average molecular weight is 339 g/mol. The van der Waals surface area contributed by atoms with E-state index in [0.717, 1.165) is 19.4 Å². The van der Waals surface area contributed by atoms with Crippen LogP contribution < -0.4 is 10.5 Å². The van der Waals surface area contributed by atoms with E-state index in [9.17, 15) is 13.2 Å². The van der Waals surface area contributed by atoms with Crippen molar-refractivity contribution in [3.8, 4) is 0 Å². The minimum atomic E-state index is -3.58. The van der Waals surface area contributed by atoms with E-state index in [1.54, 1.807) is 0 Å². The summed E-state index contributed by atoms with van der Waals surface area (Å²) in [5.74, 6) is -0.574. The fourth-order valence-corrected chi connectivity index (χ4v) is 4.13. The SMILES string of the molecule is C[C@H](CNS(=O)(=O)c1ccc(C(N)=O)cc1)N1CCCC[C@@H]1C. The molecule has 3 N–H and O–H groups in total. The normalized spacial score (nSPS) is 21.0. The van der Waals surface area contributed by atoms with Gasteiger partial charge in [-0.25, -0.2) is 13.1 Å². The standard InChI is InChI=1S/C16H25N3O3S/c1-12-5-3-4-10-19(12)13(2)11-18-23(21,22)15-8-6-14(7-9-15)16(17)20/h6-9,12-13,18H,3-5,10-11H2,1-2H3,(H2,17,20)/t12-,13+/m0/s1. The first-order chi connectivity index (χ1) is 10.8. The molecule has 2 atom stereocenters. The van der Waals surface area contributed by atoms with Crippen molar-refractivity contribution in [2.24, 2.45) is 5.73 Å². The Morgan fingerprint density at radius 1 is 1.35 bits per heavy atom. The number of hydrogen-bond acceptors (Lipinski definition) is 4.